The van der Waals surface area contributed by atoms with Crippen LogP contribution in [0.3, 0.4) is 0 Å². The molecule has 2 unspecified atom stereocenters. The molecule has 2 aromatic rings. The molecule has 34 heavy (non-hydrogen) atoms. The highest BCUT2D eigenvalue weighted by atomic mass is 16.6. The maximum atomic E-state index is 12.3. The van der Waals surface area contributed by atoms with Crippen molar-refractivity contribution in [3.63, 3.8) is 0 Å². The molecule has 4 rings (SSSR count). The van der Waals surface area contributed by atoms with Crippen LogP contribution in [0.5, 0.6) is 0 Å². The Labute approximate surface area is 203 Å². The number of ether oxygens (including phenoxy) is 1. The highest BCUT2D eigenvalue weighted by Gasteiger charge is 2.36. The minimum atomic E-state index is -0.430. The second-order valence-corrected chi connectivity index (χ2v) is 9.80. The summed E-state index contributed by atoms with van der Waals surface area (Å²) in [6, 6.07) is 22.6. The van der Waals surface area contributed by atoms with E-state index in [-0.39, 0.29) is 18.1 Å². The zero-order valence-corrected chi connectivity index (χ0v) is 20.4. The smallest absolute Gasteiger partial charge is 0.414 e. The van der Waals surface area contributed by atoms with E-state index < -0.39 is 5.41 Å². The first-order chi connectivity index (χ1) is 16.5. The lowest BCUT2D eigenvalue weighted by atomic mass is 9.70. The van der Waals surface area contributed by atoms with Crippen molar-refractivity contribution in [1.29, 1.82) is 5.26 Å². The van der Waals surface area contributed by atoms with E-state index in [9.17, 15) is 10.1 Å². The van der Waals surface area contributed by atoms with Gasteiger partial charge in [-0.1, -0.05) is 62.4 Å². The SMILES string of the molecule is CC(C)C(C#N)(CCCN1CCN(CC2CN(c3ccccc3)C(=O)O2)CC1)c1ccccc1. The Bertz CT molecular complexity index is 967. The van der Waals surface area contributed by atoms with Gasteiger partial charge in [0.25, 0.3) is 0 Å². The standard InChI is InChI=1S/C28H36N4O2/c1-23(2)28(22-29,24-10-5-3-6-11-24)14-9-15-30-16-18-31(19-17-30)20-26-21-32(27(33)34-26)25-12-7-4-8-13-25/h3-8,10-13,23,26H,9,14-21H2,1-2H3. The highest BCUT2D eigenvalue weighted by Crippen LogP contribution is 2.36. The molecule has 2 aromatic carbocycles. The van der Waals surface area contributed by atoms with E-state index in [0.29, 0.717) is 6.54 Å². The summed E-state index contributed by atoms with van der Waals surface area (Å²) in [7, 11) is 0. The predicted octanol–water partition coefficient (Wildman–Crippen LogP) is 4.53. The van der Waals surface area contributed by atoms with Crippen molar-refractivity contribution in [2.45, 2.75) is 38.2 Å². The van der Waals surface area contributed by atoms with Crippen LogP contribution in [-0.2, 0) is 10.2 Å². The number of cyclic esters (lactones) is 1. The molecule has 2 atom stereocenters. The summed E-state index contributed by atoms with van der Waals surface area (Å²) in [5.74, 6) is 0.265. The molecule has 2 aliphatic heterocycles. The summed E-state index contributed by atoms with van der Waals surface area (Å²) in [5.41, 5.74) is 1.60. The molecule has 2 heterocycles. The van der Waals surface area contributed by atoms with Crippen molar-refractivity contribution in [3.05, 3.63) is 66.2 Å². The van der Waals surface area contributed by atoms with Crippen molar-refractivity contribution in [2.75, 3.05) is 50.7 Å². The normalized spacial score (nSPS) is 21.3. The Morgan fingerprint density at radius 1 is 1.00 bits per heavy atom. The van der Waals surface area contributed by atoms with E-state index in [1.54, 1.807) is 4.90 Å². The van der Waals surface area contributed by atoms with Crippen LogP contribution in [0, 0.1) is 17.2 Å². The number of nitriles is 1. The lowest BCUT2D eigenvalue weighted by Crippen LogP contribution is -2.49. The van der Waals surface area contributed by atoms with E-state index in [4.69, 9.17) is 4.74 Å². The first kappa shape index (κ1) is 24.3. The number of para-hydroxylation sites is 1. The van der Waals surface area contributed by atoms with Gasteiger partial charge in [-0.05, 0) is 43.0 Å². The predicted molar refractivity (Wildman–Crippen MR) is 135 cm³/mol. The average molecular weight is 461 g/mol. The molecule has 1 amide bonds. The van der Waals surface area contributed by atoms with Crippen LogP contribution in [0.15, 0.2) is 60.7 Å². The van der Waals surface area contributed by atoms with Crippen molar-refractivity contribution in [1.82, 2.24) is 9.80 Å². The van der Waals surface area contributed by atoms with E-state index in [2.05, 4.69) is 41.8 Å². The van der Waals surface area contributed by atoms with Crippen LogP contribution < -0.4 is 4.90 Å². The summed E-state index contributed by atoms with van der Waals surface area (Å²) in [4.78, 5) is 18.9. The molecule has 0 radical (unpaired) electrons. The second kappa shape index (κ2) is 11.0. The molecular weight excluding hydrogens is 424 g/mol. The van der Waals surface area contributed by atoms with Crippen LogP contribution >= 0.6 is 0 Å². The van der Waals surface area contributed by atoms with Gasteiger partial charge in [0.1, 0.15) is 6.10 Å². The number of rotatable bonds is 9. The summed E-state index contributed by atoms with van der Waals surface area (Å²) in [5, 5.41) is 10.1. The van der Waals surface area contributed by atoms with E-state index in [1.165, 1.54) is 0 Å². The number of nitrogens with zero attached hydrogens (tertiary/aromatic N) is 4. The van der Waals surface area contributed by atoms with Gasteiger partial charge in [0.05, 0.1) is 18.0 Å². The lowest BCUT2D eigenvalue weighted by molar-refractivity contribution is 0.0758. The highest BCUT2D eigenvalue weighted by molar-refractivity contribution is 5.89. The number of carbonyl (C=O) groups is 1. The van der Waals surface area contributed by atoms with Gasteiger partial charge in [0.15, 0.2) is 0 Å². The van der Waals surface area contributed by atoms with E-state index in [1.807, 2.05) is 48.5 Å². The quantitative estimate of drug-likeness (QED) is 0.550. The largest absolute Gasteiger partial charge is 0.443 e. The topological polar surface area (TPSA) is 59.8 Å². The number of hydrogen-bond acceptors (Lipinski definition) is 5. The first-order valence-electron chi connectivity index (χ1n) is 12.5. The molecule has 6 heteroatoms. The molecule has 0 aliphatic carbocycles. The lowest BCUT2D eigenvalue weighted by Gasteiger charge is -2.36. The van der Waals surface area contributed by atoms with Gasteiger partial charge in [0, 0.05) is 38.4 Å². The second-order valence-electron chi connectivity index (χ2n) is 9.80. The van der Waals surface area contributed by atoms with Crippen molar-refractivity contribution < 1.29 is 9.53 Å². The molecule has 0 bridgehead atoms. The third kappa shape index (κ3) is 5.43. The summed E-state index contributed by atoms with van der Waals surface area (Å²) in [6.45, 7) is 10.7. The van der Waals surface area contributed by atoms with Gasteiger partial charge in [-0.25, -0.2) is 4.79 Å². The number of carbonyl (C=O) groups excluding carboxylic acids is 1. The maximum absolute atomic E-state index is 12.3. The number of amides is 1. The number of benzene rings is 2. The van der Waals surface area contributed by atoms with Crippen molar-refractivity contribution >= 4 is 11.8 Å². The molecule has 0 aromatic heterocycles. The number of hydrogen-bond donors (Lipinski definition) is 0. The minimum absolute atomic E-state index is 0.0904. The molecule has 0 N–H and O–H groups in total. The molecule has 180 valence electrons. The Morgan fingerprint density at radius 2 is 1.62 bits per heavy atom. The van der Waals surface area contributed by atoms with Crippen LogP contribution in [0.2, 0.25) is 0 Å². The van der Waals surface area contributed by atoms with Crippen LogP contribution in [0.1, 0.15) is 32.3 Å². The third-order valence-electron chi connectivity index (χ3n) is 7.39. The van der Waals surface area contributed by atoms with Crippen LogP contribution in [0.4, 0.5) is 10.5 Å². The Balaban J connectivity index is 1.22. The molecule has 2 fully saturated rings. The molecule has 0 saturated carbocycles. The van der Waals surface area contributed by atoms with Gasteiger partial charge in [-0.3, -0.25) is 9.80 Å². The van der Waals surface area contributed by atoms with Gasteiger partial charge < -0.3 is 9.64 Å². The van der Waals surface area contributed by atoms with Gasteiger partial charge >= 0.3 is 6.09 Å². The number of piperazine rings is 1. The van der Waals surface area contributed by atoms with Gasteiger partial charge in [-0.15, -0.1) is 0 Å². The monoisotopic (exact) mass is 460 g/mol. The fourth-order valence-electron chi connectivity index (χ4n) is 5.25. The summed E-state index contributed by atoms with van der Waals surface area (Å²) >= 11 is 0. The molecule has 2 aliphatic rings. The molecular formula is C28H36N4O2. The Kier molecular flexibility index (Phi) is 7.87. The Morgan fingerprint density at radius 3 is 2.24 bits per heavy atom. The minimum Gasteiger partial charge on any atom is -0.443 e. The van der Waals surface area contributed by atoms with Crippen LogP contribution in [-0.4, -0.2) is 67.8 Å². The summed E-state index contributed by atoms with van der Waals surface area (Å²) in [6.07, 6.45) is 1.54. The fourth-order valence-corrected chi connectivity index (χ4v) is 5.25. The van der Waals surface area contributed by atoms with E-state index >= 15 is 0 Å². The van der Waals surface area contributed by atoms with Gasteiger partial charge in [0.2, 0.25) is 0 Å². The maximum Gasteiger partial charge on any atom is 0.414 e. The van der Waals surface area contributed by atoms with E-state index in [0.717, 1.165) is 63.4 Å². The van der Waals surface area contributed by atoms with Crippen LogP contribution in [0.25, 0.3) is 0 Å². The third-order valence-corrected chi connectivity index (χ3v) is 7.39. The molecule has 6 nitrogen and oxygen atoms in total. The van der Waals surface area contributed by atoms with Gasteiger partial charge in [-0.2, -0.15) is 5.26 Å². The summed E-state index contributed by atoms with van der Waals surface area (Å²) < 4.78 is 5.64. The van der Waals surface area contributed by atoms with Crippen molar-refractivity contribution in [2.24, 2.45) is 5.92 Å². The van der Waals surface area contributed by atoms with Crippen molar-refractivity contribution in [3.8, 4) is 6.07 Å². The average Bonchev–Trinajstić information content (AvgIpc) is 3.23. The molecule has 2 saturated heterocycles. The first-order valence-corrected chi connectivity index (χ1v) is 12.5. The zero-order valence-electron chi connectivity index (χ0n) is 20.4. The molecule has 0 spiro atoms. The number of anilines is 1. The Hall–Kier alpha value is -2.88. The zero-order chi connectivity index (χ0) is 24.0. The fraction of sp³-hybridized carbons (Fsp3) is 0.500.